The van der Waals surface area contributed by atoms with Crippen molar-refractivity contribution in [2.45, 2.75) is 51.5 Å². The van der Waals surface area contributed by atoms with Crippen molar-refractivity contribution in [3.8, 4) is 5.88 Å². The summed E-state index contributed by atoms with van der Waals surface area (Å²) in [6, 6.07) is 0. The van der Waals surface area contributed by atoms with Crippen LogP contribution in [0.15, 0.2) is 24.8 Å². The van der Waals surface area contributed by atoms with Gasteiger partial charge in [0.15, 0.2) is 11.6 Å². The Hall–Kier alpha value is -1.37. The van der Waals surface area contributed by atoms with Gasteiger partial charge in [-0.3, -0.25) is 0 Å². The summed E-state index contributed by atoms with van der Waals surface area (Å²) in [6.45, 7) is 8.87. The van der Waals surface area contributed by atoms with Gasteiger partial charge in [-0.05, 0) is 27.7 Å². The predicted octanol–water partition coefficient (Wildman–Crippen LogP) is 3.57. The van der Waals surface area contributed by atoms with Gasteiger partial charge in [-0.25, -0.2) is 19.9 Å². The van der Waals surface area contributed by atoms with Crippen LogP contribution in [0.4, 0.5) is 0 Å². The highest BCUT2D eigenvalue weighted by Gasteiger charge is 2.33. The Morgan fingerprint density at radius 2 is 1.27 bits per heavy atom. The molecule has 2 atom stereocenters. The van der Waals surface area contributed by atoms with Crippen molar-refractivity contribution in [1.82, 2.24) is 19.9 Å². The molecule has 10 nitrogen and oxygen atoms in total. The van der Waals surface area contributed by atoms with Crippen molar-refractivity contribution in [2.24, 2.45) is 0 Å². The summed E-state index contributed by atoms with van der Waals surface area (Å²) in [4.78, 5) is 15.1. The number of hydrogen-bond acceptors (Lipinski definition) is 10. The molecule has 0 spiro atoms. The van der Waals surface area contributed by atoms with Crippen LogP contribution in [0.1, 0.15) is 27.7 Å². The summed E-state index contributed by atoms with van der Waals surface area (Å²) in [7, 11) is 0. The van der Waals surface area contributed by atoms with Crippen molar-refractivity contribution >= 4 is 34.8 Å². The molecule has 2 aliphatic heterocycles. The van der Waals surface area contributed by atoms with E-state index in [2.05, 4.69) is 19.9 Å². The van der Waals surface area contributed by atoms with Gasteiger partial charge in [0.05, 0.1) is 44.6 Å². The first-order valence-electron chi connectivity index (χ1n) is 9.96. The molecule has 2 saturated heterocycles. The van der Waals surface area contributed by atoms with Crippen LogP contribution in [0.5, 0.6) is 5.88 Å². The molecule has 0 radical (unpaired) electrons. The molecule has 2 aliphatic rings. The predicted molar refractivity (Wildman–Crippen MR) is 121 cm³/mol. The first-order valence-corrected chi connectivity index (χ1v) is 11.1. The van der Waals surface area contributed by atoms with Crippen molar-refractivity contribution < 1.29 is 28.8 Å². The van der Waals surface area contributed by atoms with Crippen molar-refractivity contribution in [1.29, 1.82) is 0 Å². The molecule has 2 aromatic heterocycles. The Kier molecular flexibility index (Phi) is 10.9. The Labute approximate surface area is 207 Å². The largest absolute Gasteiger partial charge is 0.474 e. The maximum absolute atomic E-state index is 8.59. The fourth-order valence-corrected chi connectivity index (χ4v) is 2.84. The Morgan fingerprint density at radius 3 is 1.61 bits per heavy atom. The molecule has 0 amide bonds. The van der Waals surface area contributed by atoms with Gasteiger partial charge in [0, 0.05) is 0 Å². The lowest BCUT2D eigenvalue weighted by Gasteiger charge is -2.17. The monoisotopic (exact) mass is 524 g/mol. The minimum absolute atomic E-state index is 0.0451. The molecular weight excluding hydrogens is 499 g/mol. The van der Waals surface area contributed by atoms with E-state index in [1.807, 2.05) is 27.7 Å². The van der Waals surface area contributed by atoms with Gasteiger partial charge in [-0.15, -0.1) is 0 Å². The van der Waals surface area contributed by atoms with E-state index in [4.69, 9.17) is 63.6 Å². The van der Waals surface area contributed by atoms with E-state index in [0.717, 1.165) is 0 Å². The van der Waals surface area contributed by atoms with Crippen molar-refractivity contribution in [3.05, 3.63) is 40.2 Å². The third-order valence-electron chi connectivity index (χ3n) is 3.94. The maximum atomic E-state index is 8.59. The van der Waals surface area contributed by atoms with Gasteiger partial charge in [-0.2, -0.15) is 0 Å². The molecule has 0 unspecified atom stereocenters. The normalized spacial score (nSPS) is 22.5. The summed E-state index contributed by atoms with van der Waals surface area (Å²) in [5, 5.41) is 9.65. The number of nitrogens with zero attached hydrogens (tertiary/aromatic N) is 4. The van der Waals surface area contributed by atoms with Crippen molar-refractivity contribution in [3.63, 3.8) is 0 Å². The van der Waals surface area contributed by atoms with Gasteiger partial charge in [0.25, 0.3) is 0 Å². The Bertz CT molecular complexity index is 822. The lowest BCUT2D eigenvalue weighted by molar-refractivity contribution is -0.142. The summed E-state index contributed by atoms with van der Waals surface area (Å²) in [5.41, 5.74) is 0. The first-order chi connectivity index (χ1) is 15.5. The van der Waals surface area contributed by atoms with Gasteiger partial charge in [0.1, 0.15) is 34.3 Å². The van der Waals surface area contributed by atoms with Crippen LogP contribution >= 0.6 is 34.8 Å². The van der Waals surface area contributed by atoms with E-state index in [1.165, 1.54) is 24.8 Å². The second-order valence-corrected chi connectivity index (χ2v) is 8.90. The number of ether oxygens (including phenoxy) is 5. The minimum Gasteiger partial charge on any atom is -0.474 e. The molecule has 0 saturated carbocycles. The van der Waals surface area contributed by atoms with Gasteiger partial charge in [-0.1, -0.05) is 34.8 Å². The topological polar surface area (TPSA) is 118 Å². The minimum atomic E-state index is -0.528. The van der Waals surface area contributed by atoms with Crippen LogP contribution in [-0.2, 0) is 18.9 Å². The molecule has 0 aromatic carbocycles. The highest BCUT2D eigenvalue weighted by molar-refractivity contribution is 6.30. The van der Waals surface area contributed by atoms with Crippen LogP contribution < -0.4 is 4.74 Å². The fraction of sp³-hybridized carbons (Fsp3) is 0.600. The highest BCUT2D eigenvalue weighted by Crippen LogP contribution is 2.23. The van der Waals surface area contributed by atoms with Gasteiger partial charge >= 0.3 is 0 Å². The molecule has 0 aliphatic carbocycles. The number of aromatic nitrogens is 4. The van der Waals surface area contributed by atoms with Crippen molar-refractivity contribution in [2.75, 3.05) is 26.4 Å². The van der Waals surface area contributed by atoms with Gasteiger partial charge < -0.3 is 28.8 Å². The quantitative estimate of drug-likeness (QED) is 0.634. The molecule has 0 bridgehead atoms. The third kappa shape index (κ3) is 11.1. The zero-order valence-electron chi connectivity index (χ0n) is 18.7. The molecule has 33 heavy (non-hydrogen) atoms. The molecule has 184 valence electrons. The summed E-state index contributed by atoms with van der Waals surface area (Å²) in [6.07, 6.45) is 5.50. The zero-order chi connectivity index (χ0) is 24.5. The number of aliphatic hydroxyl groups excluding tert-OH is 1. The highest BCUT2D eigenvalue weighted by atomic mass is 35.5. The van der Waals surface area contributed by atoms with Gasteiger partial charge in [0.2, 0.25) is 5.88 Å². The maximum Gasteiger partial charge on any atom is 0.232 e. The van der Waals surface area contributed by atoms with E-state index >= 15 is 0 Å². The molecule has 1 N–H and O–H groups in total. The lowest BCUT2D eigenvalue weighted by atomic mass is 10.4. The van der Waals surface area contributed by atoms with E-state index in [-0.39, 0.29) is 18.8 Å². The Morgan fingerprint density at radius 1 is 0.818 bits per heavy atom. The summed E-state index contributed by atoms with van der Waals surface area (Å²) >= 11 is 16.4. The fourth-order valence-electron chi connectivity index (χ4n) is 2.55. The smallest absolute Gasteiger partial charge is 0.232 e. The molecule has 2 fully saturated rings. The van der Waals surface area contributed by atoms with Crippen LogP contribution in [-0.4, -0.2) is 75.3 Å². The van der Waals surface area contributed by atoms with E-state index in [0.29, 0.717) is 41.2 Å². The van der Waals surface area contributed by atoms with Crippen LogP contribution in [0.3, 0.4) is 0 Å². The van der Waals surface area contributed by atoms with Crippen LogP contribution in [0.2, 0.25) is 15.5 Å². The summed E-state index contributed by atoms with van der Waals surface area (Å²) < 4.78 is 26.8. The molecule has 4 rings (SSSR count). The summed E-state index contributed by atoms with van der Waals surface area (Å²) in [5.74, 6) is -0.592. The number of hydrogen-bond donors (Lipinski definition) is 1. The van der Waals surface area contributed by atoms with E-state index < -0.39 is 11.6 Å². The lowest BCUT2D eigenvalue weighted by Crippen LogP contribution is -2.25. The van der Waals surface area contributed by atoms with E-state index in [9.17, 15) is 0 Å². The standard InChI is InChI=1S/C10H13ClN2O3.C6H12O3.C4H2Cl2N2/c1-10(2)15-6-7(16-10)5-14-9-4-12-8(11)3-13-9;1-6(2)8-4-5(3-7)9-6;5-3-1-7-4(6)2-8-3/h3-4,7H,5-6H2,1-2H3;5,7H,3-4H2,1-2H3;1-2H/t7-;5-;/m11./s1. The average molecular weight is 526 g/mol. The second-order valence-electron chi connectivity index (χ2n) is 7.73. The molecular formula is C20H27Cl3N4O6. The molecule has 4 heterocycles. The molecule has 13 heteroatoms. The number of rotatable bonds is 4. The van der Waals surface area contributed by atoms with Crippen LogP contribution in [0, 0.1) is 0 Å². The average Bonchev–Trinajstić information content (AvgIpc) is 3.31. The first kappa shape index (κ1) is 27.9. The third-order valence-corrected chi connectivity index (χ3v) is 4.53. The number of aliphatic hydroxyl groups is 1. The zero-order valence-corrected chi connectivity index (χ0v) is 21.0. The second kappa shape index (κ2) is 12.9. The molecule has 2 aromatic rings. The Balaban J connectivity index is 0.000000192. The number of halogens is 3. The van der Waals surface area contributed by atoms with Crippen LogP contribution in [0.25, 0.3) is 0 Å². The SMILES string of the molecule is CC1(C)OC[C@@H](CO)O1.CC1(C)OC[C@@H](COc2cnc(Cl)cn2)O1.Clc1cnc(Cl)cn1. The van der Waals surface area contributed by atoms with E-state index in [1.54, 1.807) is 0 Å².